The van der Waals surface area contributed by atoms with Crippen LogP contribution >= 0.6 is 0 Å². The van der Waals surface area contributed by atoms with E-state index in [1.807, 2.05) is 57.2 Å². The summed E-state index contributed by atoms with van der Waals surface area (Å²) < 4.78 is 0. The monoisotopic (exact) mass is 285 g/mol. The molecule has 0 fully saturated rings. The van der Waals surface area contributed by atoms with Crippen LogP contribution in [0.15, 0.2) is 70.5 Å². The van der Waals surface area contributed by atoms with Crippen LogP contribution in [0.4, 0.5) is 0 Å². The van der Waals surface area contributed by atoms with Crippen molar-refractivity contribution in [1.29, 1.82) is 0 Å². The fourth-order valence-electron chi connectivity index (χ4n) is 1.82. The van der Waals surface area contributed by atoms with E-state index in [0.29, 0.717) is 11.5 Å². The molecule has 0 aliphatic heterocycles. The Bertz CT molecular complexity index is 515. The molecule has 2 rings (SSSR count). The molecule has 0 amide bonds. The van der Waals surface area contributed by atoms with Gasteiger partial charge in [-0.2, -0.15) is 0 Å². The lowest BCUT2D eigenvalue weighted by Gasteiger charge is -2.16. The number of carbonyl (C=O) groups is 1. The molecule has 0 radical (unpaired) electrons. The van der Waals surface area contributed by atoms with Gasteiger partial charge in [0.05, 0.1) is 10.9 Å². The minimum Gasteiger partial charge on any atom is -0.294 e. The Morgan fingerprint density at radius 2 is 1.25 bits per heavy atom. The standard InChI is InChI=1S/C18H21OS/c1-18(2,3)17(19)14-20(15-10-6-4-7-11-15)16-12-8-5-9-13-16/h4-13H,14H2,1-3H3/q+1. The number of Topliss-reactive ketones (excluding diaryl/α,β-unsaturated/α-hetero) is 1. The van der Waals surface area contributed by atoms with Gasteiger partial charge in [0.1, 0.15) is 0 Å². The van der Waals surface area contributed by atoms with Gasteiger partial charge in [-0.05, 0) is 24.3 Å². The fraction of sp³-hybridized carbons (Fsp3) is 0.278. The predicted octanol–water partition coefficient (Wildman–Crippen LogP) is 4.34. The Labute approximate surface area is 124 Å². The van der Waals surface area contributed by atoms with Crippen molar-refractivity contribution in [2.75, 3.05) is 5.75 Å². The molecular weight excluding hydrogens is 264 g/mol. The minimum atomic E-state index is -0.283. The van der Waals surface area contributed by atoms with Crippen LogP contribution in [0, 0.1) is 5.41 Å². The van der Waals surface area contributed by atoms with Crippen molar-refractivity contribution in [3.8, 4) is 0 Å². The van der Waals surface area contributed by atoms with Gasteiger partial charge in [-0.15, -0.1) is 0 Å². The molecule has 0 spiro atoms. The van der Waals surface area contributed by atoms with Crippen LogP contribution in [-0.2, 0) is 15.7 Å². The average molecular weight is 285 g/mol. The van der Waals surface area contributed by atoms with Crippen molar-refractivity contribution >= 4 is 16.7 Å². The SMILES string of the molecule is CC(C)(C)C(=O)C[S+](c1ccccc1)c1ccccc1. The molecule has 20 heavy (non-hydrogen) atoms. The van der Waals surface area contributed by atoms with E-state index < -0.39 is 0 Å². The summed E-state index contributed by atoms with van der Waals surface area (Å²) in [5, 5.41) is 0. The summed E-state index contributed by atoms with van der Waals surface area (Å²) in [6.45, 7) is 5.98. The molecule has 0 atom stereocenters. The van der Waals surface area contributed by atoms with Gasteiger partial charge >= 0.3 is 0 Å². The van der Waals surface area contributed by atoms with Crippen molar-refractivity contribution in [3.63, 3.8) is 0 Å². The summed E-state index contributed by atoms with van der Waals surface area (Å²) in [4.78, 5) is 14.9. The Kier molecular flexibility index (Phi) is 4.66. The Morgan fingerprint density at radius 3 is 1.60 bits per heavy atom. The van der Waals surface area contributed by atoms with Crippen molar-refractivity contribution in [3.05, 3.63) is 60.7 Å². The van der Waals surface area contributed by atoms with Crippen LogP contribution in [0.3, 0.4) is 0 Å². The smallest absolute Gasteiger partial charge is 0.188 e. The molecule has 0 N–H and O–H groups in total. The van der Waals surface area contributed by atoms with Crippen LogP contribution in [0.25, 0.3) is 0 Å². The van der Waals surface area contributed by atoms with E-state index in [2.05, 4.69) is 24.3 Å². The lowest BCUT2D eigenvalue weighted by atomic mass is 9.92. The molecule has 2 aromatic rings. The van der Waals surface area contributed by atoms with Gasteiger partial charge in [-0.3, -0.25) is 4.79 Å². The van der Waals surface area contributed by atoms with Crippen molar-refractivity contribution in [2.24, 2.45) is 5.41 Å². The van der Waals surface area contributed by atoms with Crippen molar-refractivity contribution in [1.82, 2.24) is 0 Å². The molecule has 1 nitrogen and oxygen atoms in total. The molecule has 2 aromatic carbocycles. The van der Waals surface area contributed by atoms with E-state index >= 15 is 0 Å². The van der Waals surface area contributed by atoms with Gasteiger partial charge in [0.2, 0.25) is 0 Å². The number of hydrogen-bond acceptors (Lipinski definition) is 1. The first-order valence-electron chi connectivity index (χ1n) is 6.83. The highest BCUT2D eigenvalue weighted by atomic mass is 32.2. The van der Waals surface area contributed by atoms with Gasteiger partial charge in [-0.1, -0.05) is 57.2 Å². The molecule has 0 heterocycles. The first-order chi connectivity index (χ1) is 9.48. The van der Waals surface area contributed by atoms with Gasteiger partial charge in [0.25, 0.3) is 0 Å². The first-order valence-corrected chi connectivity index (χ1v) is 8.22. The van der Waals surface area contributed by atoms with Gasteiger partial charge < -0.3 is 0 Å². The Morgan fingerprint density at radius 1 is 0.850 bits per heavy atom. The second-order valence-electron chi connectivity index (χ2n) is 5.83. The molecule has 0 saturated carbocycles. The van der Waals surface area contributed by atoms with E-state index in [-0.39, 0.29) is 16.3 Å². The summed E-state index contributed by atoms with van der Waals surface area (Å²) in [7, 11) is -0.177. The molecule has 0 unspecified atom stereocenters. The lowest BCUT2D eigenvalue weighted by Crippen LogP contribution is -2.28. The second kappa shape index (κ2) is 6.27. The number of carbonyl (C=O) groups excluding carboxylic acids is 1. The highest BCUT2D eigenvalue weighted by Gasteiger charge is 2.33. The molecule has 0 aliphatic rings. The number of ketones is 1. The fourth-order valence-corrected chi connectivity index (χ4v) is 4.09. The zero-order valence-corrected chi connectivity index (χ0v) is 13.1. The van der Waals surface area contributed by atoms with Gasteiger partial charge in [0, 0.05) is 5.41 Å². The molecular formula is C18H21OS+. The van der Waals surface area contributed by atoms with E-state index in [1.54, 1.807) is 0 Å². The molecule has 0 aromatic heterocycles. The average Bonchev–Trinajstić information content (AvgIpc) is 2.45. The maximum atomic E-state index is 12.4. The maximum Gasteiger partial charge on any atom is 0.188 e. The topological polar surface area (TPSA) is 17.1 Å². The summed E-state index contributed by atoms with van der Waals surface area (Å²) >= 11 is 0. The van der Waals surface area contributed by atoms with Crippen LogP contribution < -0.4 is 0 Å². The minimum absolute atomic E-state index is 0.177. The zero-order valence-electron chi connectivity index (χ0n) is 12.3. The van der Waals surface area contributed by atoms with Crippen LogP contribution in [-0.4, -0.2) is 11.5 Å². The lowest BCUT2D eigenvalue weighted by molar-refractivity contribution is -0.123. The summed E-state index contributed by atoms with van der Waals surface area (Å²) in [6.07, 6.45) is 0. The summed E-state index contributed by atoms with van der Waals surface area (Å²) in [5.41, 5.74) is -0.283. The second-order valence-corrected chi connectivity index (χ2v) is 7.85. The summed E-state index contributed by atoms with van der Waals surface area (Å²) in [5.74, 6) is 0.894. The number of hydrogen-bond donors (Lipinski definition) is 0. The van der Waals surface area contributed by atoms with Crippen molar-refractivity contribution in [2.45, 2.75) is 30.6 Å². The quantitative estimate of drug-likeness (QED) is 0.764. The zero-order chi connectivity index (χ0) is 14.6. The van der Waals surface area contributed by atoms with Gasteiger partial charge in [0.15, 0.2) is 21.3 Å². The number of rotatable bonds is 4. The summed E-state index contributed by atoms with van der Waals surface area (Å²) in [6, 6.07) is 20.7. The Balaban J connectivity index is 2.34. The third-order valence-electron chi connectivity index (χ3n) is 3.17. The van der Waals surface area contributed by atoms with E-state index in [4.69, 9.17) is 0 Å². The highest BCUT2D eigenvalue weighted by molar-refractivity contribution is 7.97. The van der Waals surface area contributed by atoms with Crippen LogP contribution in [0.1, 0.15) is 20.8 Å². The molecule has 0 saturated heterocycles. The van der Waals surface area contributed by atoms with Crippen LogP contribution in [0.5, 0.6) is 0 Å². The normalized spacial score (nSPS) is 11.6. The molecule has 0 bridgehead atoms. The first kappa shape index (κ1) is 14.9. The third kappa shape index (κ3) is 3.73. The predicted molar refractivity (Wildman–Crippen MR) is 86.1 cm³/mol. The van der Waals surface area contributed by atoms with Crippen molar-refractivity contribution < 1.29 is 4.79 Å². The van der Waals surface area contributed by atoms with Gasteiger partial charge in [-0.25, -0.2) is 0 Å². The maximum absolute atomic E-state index is 12.4. The third-order valence-corrected chi connectivity index (χ3v) is 5.40. The molecule has 104 valence electrons. The Hall–Kier alpha value is -1.54. The van der Waals surface area contributed by atoms with Crippen LogP contribution in [0.2, 0.25) is 0 Å². The molecule has 0 aliphatic carbocycles. The largest absolute Gasteiger partial charge is 0.294 e. The molecule has 2 heteroatoms. The van der Waals surface area contributed by atoms with E-state index in [9.17, 15) is 4.79 Å². The van der Waals surface area contributed by atoms with E-state index in [1.165, 1.54) is 9.79 Å². The number of benzene rings is 2. The highest BCUT2D eigenvalue weighted by Crippen LogP contribution is 2.26. The van der Waals surface area contributed by atoms with E-state index in [0.717, 1.165) is 0 Å².